The topological polar surface area (TPSA) is 140 Å². The highest BCUT2D eigenvalue weighted by Gasteiger charge is 2.32. The zero-order valence-corrected chi connectivity index (χ0v) is 14.8. The minimum atomic E-state index is -1.12. The van der Waals surface area contributed by atoms with E-state index in [1.165, 1.54) is 19.1 Å². The molecule has 12 heteroatoms. The summed E-state index contributed by atoms with van der Waals surface area (Å²) < 4.78 is 5.01. The zero-order chi connectivity index (χ0) is 19.7. The second-order valence-electron chi connectivity index (χ2n) is 5.12. The third-order valence-corrected chi connectivity index (χ3v) is 4.00. The number of nitrogens with zero attached hydrogens (tertiary/aromatic N) is 2. The summed E-state index contributed by atoms with van der Waals surface area (Å²) in [7, 11) is 0. The monoisotopic (exact) mass is 410 g/mol. The van der Waals surface area contributed by atoms with Gasteiger partial charge < -0.3 is 9.36 Å². The Morgan fingerprint density at radius 3 is 2.33 bits per heavy atom. The molecule has 1 aromatic heterocycles. The smallest absolute Gasteiger partial charge is 0.360 e. The van der Waals surface area contributed by atoms with Crippen LogP contribution >= 0.6 is 23.2 Å². The molecule has 0 saturated carbocycles. The summed E-state index contributed by atoms with van der Waals surface area (Å²) in [6.07, 6.45) is 0. The Morgan fingerprint density at radius 1 is 1.15 bits per heavy atom. The normalized spacial score (nSPS) is 13.9. The van der Waals surface area contributed by atoms with E-state index in [0.29, 0.717) is 0 Å². The van der Waals surface area contributed by atoms with Gasteiger partial charge in [0, 0.05) is 5.56 Å². The van der Waals surface area contributed by atoms with E-state index in [1.54, 1.807) is 16.7 Å². The summed E-state index contributed by atoms with van der Waals surface area (Å²) in [6, 6.07) is 3.67. The van der Waals surface area contributed by atoms with Crippen LogP contribution in [0.5, 0.6) is 0 Å². The molecule has 2 N–H and O–H groups in total. The van der Waals surface area contributed by atoms with Crippen LogP contribution in [0.25, 0.3) is 11.3 Å². The average Bonchev–Trinajstić information content (AvgIpc) is 2.95. The third-order valence-electron chi connectivity index (χ3n) is 3.37. The SMILES string of the molecule is Cc1onc(-c2c(Cl)cccc2Cl)c1C(=O)ON=C1C(=O)NC(=O)NC1=O. The number of aromatic nitrogens is 1. The van der Waals surface area contributed by atoms with Crippen LogP contribution in [0.4, 0.5) is 4.79 Å². The molecular formula is C15H8Cl2N4O6. The second kappa shape index (κ2) is 7.17. The molecule has 0 spiro atoms. The summed E-state index contributed by atoms with van der Waals surface area (Å²) in [4.78, 5) is 51.2. The van der Waals surface area contributed by atoms with E-state index >= 15 is 0 Å². The minimum absolute atomic E-state index is 0.000949. The molecule has 1 aliphatic heterocycles. The maximum Gasteiger partial charge on any atom is 0.371 e. The highest BCUT2D eigenvalue weighted by molar-refractivity contribution is 6.68. The maximum atomic E-state index is 12.4. The molecule has 2 aromatic rings. The van der Waals surface area contributed by atoms with Gasteiger partial charge in [0.1, 0.15) is 17.0 Å². The van der Waals surface area contributed by atoms with Gasteiger partial charge in [-0.15, -0.1) is 0 Å². The zero-order valence-electron chi connectivity index (χ0n) is 13.3. The summed E-state index contributed by atoms with van der Waals surface area (Å²) in [5, 5.41) is 11.0. The minimum Gasteiger partial charge on any atom is -0.360 e. The first-order valence-corrected chi connectivity index (χ1v) is 7.92. The van der Waals surface area contributed by atoms with Crippen molar-refractivity contribution in [2.24, 2.45) is 5.16 Å². The molecule has 4 amide bonds. The molecule has 1 aliphatic rings. The Kier molecular flexibility index (Phi) is 4.93. The van der Waals surface area contributed by atoms with Crippen molar-refractivity contribution in [3.63, 3.8) is 0 Å². The second-order valence-corrected chi connectivity index (χ2v) is 5.93. The number of carbonyl (C=O) groups is 4. The molecule has 138 valence electrons. The number of benzene rings is 1. The number of hydrogen-bond donors (Lipinski definition) is 2. The third kappa shape index (κ3) is 3.52. The summed E-state index contributed by atoms with van der Waals surface area (Å²) in [5.74, 6) is -3.25. The van der Waals surface area contributed by atoms with Gasteiger partial charge in [-0.2, -0.15) is 0 Å². The van der Waals surface area contributed by atoms with Gasteiger partial charge >= 0.3 is 12.0 Å². The van der Waals surface area contributed by atoms with Crippen LogP contribution in [-0.4, -0.2) is 34.7 Å². The number of amides is 4. The van der Waals surface area contributed by atoms with Crippen molar-refractivity contribution in [2.45, 2.75) is 6.92 Å². The molecule has 10 nitrogen and oxygen atoms in total. The first-order chi connectivity index (χ1) is 12.8. The average molecular weight is 411 g/mol. The lowest BCUT2D eigenvalue weighted by Crippen LogP contribution is -2.56. The maximum absolute atomic E-state index is 12.4. The molecule has 0 atom stereocenters. The number of nitrogens with one attached hydrogen (secondary N) is 2. The molecule has 27 heavy (non-hydrogen) atoms. The van der Waals surface area contributed by atoms with Crippen LogP contribution in [0.1, 0.15) is 16.1 Å². The van der Waals surface area contributed by atoms with Gasteiger partial charge in [0.25, 0.3) is 11.8 Å². The fraction of sp³-hybridized carbons (Fsp3) is 0.0667. The standard InChI is InChI=1S/C15H8Cl2N4O6/c1-5-8(10(20-26-5)9-6(16)3-2-4-7(9)17)14(24)27-21-11-12(22)18-15(25)19-13(11)23/h2-4H,1H3,(H2,18,19,22,23,25). The van der Waals surface area contributed by atoms with Crippen molar-refractivity contribution < 1.29 is 28.5 Å². The Bertz CT molecular complexity index is 987. The van der Waals surface area contributed by atoms with E-state index in [0.717, 1.165) is 0 Å². The van der Waals surface area contributed by atoms with Crippen molar-refractivity contribution in [1.82, 2.24) is 15.8 Å². The Balaban J connectivity index is 1.94. The molecule has 0 radical (unpaired) electrons. The van der Waals surface area contributed by atoms with E-state index in [2.05, 4.69) is 15.1 Å². The predicted octanol–water partition coefficient (Wildman–Crippen LogP) is 1.84. The van der Waals surface area contributed by atoms with Gasteiger partial charge in [-0.25, -0.2) is 9.59 Å². The molecule has 3 rings (SSSR count). The van der Waals surface area contributed by atoms with Crippen LogP contribution < -0.4 is 10.6 Å². The Hall–Kier alpha value is -3.24. The number of halogens is 2. The number of hydrogen-bond acceptors (Lipinski definition) is 8. The molecule has 0 unspecified atom stereocenters. The Morgan fingerprint density at radius 2 is 1.74 bits per heavy atom. The quantitative estimate of drug-likeness (QED) is 0.580. The highest BCUT2D eigenvalue weighted by Crippen LogP contribution is 2.36. The fourth-order valence-electron chi connectivity index (χ4n) is 2.18. The fourth-order valence-corrected chi connectivity index (χ4v) is 2.76. The number of aryl methyl sites for hydroxylation is 1. The first-order valence-electron chi connectivity index (χ1n) is 7.16. The van der Waals surface area contributed by atoms with Gasteiger partial charge in [-0.1, -0.05) is 39.6 Å². The number of barbiturate groups is 1. The van der Waals surface area contributed by atoms with Crippen LogP contribution in [-0.2, 0) is 14.4 Å². The molecule has 1 fully saturated rings. The van der Waals surface area contributed by atoms with Crippen LogP contribution in [0.2, 0.25) is 10.0 Å². The van der Waals surface area contributed by atoms with Crippen LogP contribution in [0.15, 0.2) is 27.9 Å². The molecule has 0 bridgehead atoms. The van der Waals surface area contributed by atoms with E-state index in [-0.39, 0.29) is 32.6 Å². The molecule has 1 aromatic carbocycles. The van der Waals surface area contributed by atoms with Crippen molar-refractivity contribution in [1.29, 1.82) is 0 Å². The van der Waals surface area contributed by atoms with Crippen LogP contribution in [0, 0.1) is 6.92 Å². The van der Waals surface area contributed by atoms with Gasteiger partial charge in [0.05, 0.1) is 10.0 Å². The van der Waals surface area contributed by atoms with Gasteiger partial charge in [-0.3, -0.25) is 20.2 Å². The molecule has 2 heterocycles. The van der Waals surface area contributed by atoms with Gasteiger partial charge in [0.2, 0.25) is 5.71 Å². The van der Waals surface area contributed by atoms with E-state index in [9.17, 15) is 19.2 Å². The number of imide groups is 2. The summed E-state index contributed by atoms with van der Waals surface area (Å²) >= 11 is 12.2. The number of urea groups is 1. The van der Waals surface area contributed by atoms with Crippen molar-refractivity contribution in [3.8, 4) is 11.3 Å². The van der Waals surface area contributed by atoms with Crippen LogP contribution in [0.3, 0.4) is 0 Å². The van der Waals surface area contributed by atoms with Gasteiger partial charge in [0.15, 0.2) is 0 Å². The lowest BCUT2D eigenvalue weighted by molar-refractivity contribution is -0.119. The summed E-state index contributed by atoms with van der Waals surface area (Å²) in [6.45, 7) is 1.43. The van der Waals surface area contributed by atoms with Crippen molar-refractivity contribution in [2.75, 3.05) is 0 Å². The Labute approximate surface area is 160 Å². The molecular weight excluding hydrogens is 403 g/mol. The van der Waals surface area contributed by atoms with E-state index in [4.69, 9.17) is 27.7 Å². The van der Waals surface area contributed by atoms with E-state index < -0.39 is 29.5 Å². The predicted molar refractivity (Wildman–Crippen MR) is 91.2 cm³/mol. The largest absolute Gasteiger partial charge is 0.371 e. The summed E-state index contributed by atoms with van der Waals surface area (Å²) in [5.41, 5.74) is -0.728. The number of carbonyl (C=O) groups excluding carboxylic acids is 4. The van der Waals surface area contributed by atoms with Crippen molar-refractivity contribution in [3.05, 3.63) is 39.6 Å². The first kappa shape index (κ1) is 18.5. The molecule has 1 saturated heterocycles. The highest BCUT2D eigenvalue weighted by atomic mass is 35.5. The molecule has 0 aliphatic carbocycles. The lowest BCUT2D eigenvalue weighted by atomic mass is 10.1. The van der Waals surface area contributed by atoms with E-state index in [1.807, 2.05) is 0 Å². The number of rotatable bonds is 3. The van der Waals surface area contributed by atoms with Gasteiger partial charge in [-0.05, 0) is 19.1 Å². The van der Waals surface area contributed by atoms with Crippen molar-refractivity contribution >= 4 is 52.7 Å². The lowest BCUT2D eigenvalue weighted by Gasteiger charge is -2.11. The number of oxime groups is 1.